The number of carbonyl (C=O) groups is 1. The van der Waals surface area contributed by atoms with Gasteiger partial charge in [-0.15, -0.1) is 0 Å². The molecule has 2 aromatic heterocycles. The Labute approximate surface area is 244 Å². The maximum absolute atomic E-state index is 14.5. The molecule has 3 aliphatic heterocycles. The van der Waals surface area contributed by atoms with Gasteiger partial charge in [-0.05, 0) is 48.9 Å². The summed E-state index contributed by atoms with van der Waals surface area (Å²) in [6.45, 7) is 2.32. The molecule has 0 spiro atoms. The van der Waals surface area contributed by atoms with Crippen LogP contribution in [0.4, 0.5) is 25.1 Å². The minimum Gasteiger partial charge on any atom is -0.341 e. The van der Waals surface area contributed by atoms with Crippen LogP contribution in [-0.4, -0.2) is 82.7 Å². The molecule has 11 nitrogen and oxygen atoms in total. The molecule has 6 rings (SSSR count). The molecule has 226 valence electrons. The number of sulfonamides is 1. The molecule has 1 fully saturated rings. The molecule has 42 heavy (non-hydrogen) atoms. The highest BCUT2D eigenvalue weighted by Gasteiger charge is 2.35. The zero-order valence-corrected chi connectivity index (χ0v) is 24.9. The number of amides is 2. The molecule has 3 aromatic rings. The molecule has 2 amide bonds. The summed E-state index contributed by atoms with van der Waals surface area (Å²) < 4.78 is 58.3. The molecule has 3 aliphatic rings. The van der Waals surface area contributed by atoms with E-state index in [2.05, 4.69) is 10.4 Å². The minimum absolute atomic E-state index is 0.00546. The number of rotatable bonds is 5. The highest BCUT2D eigenvalue weighted by Crippen LogP contribution is 2.43. The molecular formula is C28H36F2N8O3S. The van der Waals surface area contributed by atoms with E-state index in [1.165, 1.54) is 10.6 Å². The lowest BCUT2D eigenvalue weighted by atomic mass is 9.92. The van der Waals surface area contributed by atoms with Crippen LogP contribution in [0.5, 0.6) is 0 Å². The third-order valence-corrected chi connectivity index (χ3v) is 9.98. The van der Waals surface area contributed by atoms with E-state index in [-0.39, 0.29) is 17.6 Å². The van der Waals surface area contributed by atoms with Crippen molar-refractivity contribution >= 4 is 27.6 Å². The van der Waals surface area contributed by atoms with Crippen LogP contribution < -0.4 is 10.2 Å². The second-order valence-corrected chi connectivity index (χ2v) is 13.3. The van der Waals surface area contributed by atoms with Crippen LogP contribution in [0.15, 0.2) is 24.5 Å². The van der Waals surface area contributed by atoms with E-state index in [1.54, 1.807) is 42.1 Å². The van der Waals surface area contributed by atoms with Crippen LogP contribution in [0, 0.1) is 0 Å². The second kappa shape index (κ2) is 11.0. The van der Waals surface area contributed by atoms with Crippen molar-refractivity contribution in [2.75, 3.05) is 44.4 Å². The number of aromatic nitrogens is 4. The number of anilines is 2. The molecule has 1 N–H and O–H groups in total. The van der Waals surface area contributed by atoms with Crippen LogP contribution in [0.2, 0.25) is 0 Å². The fourth-order valence-electron chi connectivity index (χ4n) is 6.56. The number of benzene rings is 1. The number of halogens is 2. The first kappa shape index (κ1) is 28.6. The SMILES string of the molecule is CNC(=O)N1CCc2c(c(N3CCCc4cc(-c5cnn(C)c5)c(C(F)F)cc43)nn2C2CCN(S(C)(=O)=O)CC2)C1. The predicted octanol–water partition coefficient (Wildman–Crippen LogP) is 3.60. The fraction of sp³-hybridized carbons (Fsp3) is 0.536. The number of carbonyl (C=O) groups excluding carboxylic acids is 1. The van der Waals surface area contributed by atoms with Gasteiger partial charge in [-0.25, -0.2) is 26.3 Å². The van der Waals surface area contributed by atoms with Gasteiger partial charge in [0.05, 0.1) is 25.0 Å². The van der Waals surface area contributed by atoms with Gasteiger partial charge in [-0.2, -0.15) is 10.2 Å². The lowest BCUT2D eigenvalue weighted by Gasteiger charge is -2.33. The quantitative estimate of drug-likeness (QED) is 0.478. The van der Waals surface area contributed by atoms with E-state index in [4.69, 9.17) is 5.10 Å². The minimum atomic E-state index is -3.27. The van der Waals surface area contributed by atoms with Crippen LogP contribution in [-0.2, 0) is 36.5 Å². The Balaban J connectivity index is 1.43. The molecule has 1 saturated heterocycles. The van der Waals surface area contributed by atoms with Crippen molar-refractivity contribution in [3.8, 4) is 11.1 Å². The summed E-state index contributed by atoms with van der Waals surface area (Å²) in [4.78, 5) is 16.4. The van der Waals surface area contributed by atoms with Crippen LogP contribution >= 0.6 is 0 Å². The van der Waals surface area contributed by atoms with Crippen molar-refractivity contribution < 1.29 is 22.0 Å². The summed E-state index contributed by atoms with van der Waals surface area (Å²) >= 11 is 0. The smallest absolute Gasteiger partial charge is 0.317 e. The number of urea groups is 1. The fourth-order valence-corrected chi connectivity index (χ4v) is 7.43. The second-order valence-electron chi connectivity index (χ2n) is 11.3. The average Bonchev–Trinajstić information content (AvgIpc) is 3.58. The van der Waals surface area contributed by atoms with Crippen molar-refractivity contribution in [2.45, 2.75) is 51.1 Å². The summed E-state index contributed by atoms with van der Waals surface area (Å²) in [7, 11) is 0.0940. The Morgan fingerprint density at radius 2 is 1.88 bits per heavy atom. The molecule has 0 radical (unpaired) electrons. The summed E-state index contributed by atoms with van der Waals surface area (Å²) in [6, 6.07) is 3.28. The van der Waals surface area contributed by atoms with Gasteiger partial charge in [0.15, 0.2) is 5.82 Å². The van der Waals surface area contributed by atoms with Crippen LogP contribution in [0.1, 0.15) is 54.1 Å². The van der Waals surface area contributed by atoms with Crippen molar-refractivity contribution in [3.05, 3.63) is 46.9 Å². The average molecular weight is 603 g/mol. The van der Waals surface area contributed by atoms with E-state index in [0.717, 1.165) is 29.7 Å². The molecule has 0 aliphatic carbocycles. The van der Waals surface area contributed by atoms with Gasteiger partial charge < -0.3 is 15.1 Å². The van der Waals surface area contributed by atoms with Crippen molar-refractivity contribution in [3.63, 3.8) is 0 Å². The lowest BCUT2D eigenvalue weighted by molar-refractivity contribution is 0.152. The van der Waals surface area contributed by atoms with Crippen molar-refractivity contribution in [1.82, 2.24) is 34.1 Å². The van der Waals surface area contributed by atoms with Gasteiger partial charge >= 0.3 is 6.03 Å². The zero-order chi connectivity index (χ0) is 29.8. The van der Waals surface area contributed by atoms with E-state index in [9.17, 15) is 22.0 Å². The molecule has 1 aromatic carbocycles. The summed E-state index contributed by atoms with van der Waals surface area (Å²) in [5.41, 5.74) is 4.69. The Morgan fingerprint density at radius 3 is 2.52 bits per heavy atom. The predicted molar refractivity (Wildman–Crippen MR) is 154 cm³/mol. The molecule has 0 atom stereocenters. The van der Waals surface area contributed by atoms with Gasteiger partial charge in [-0.1, -0.05) is 0 Å². The van der Waals surface area contributed by atoms with Gasteiger partial charge in [0.25, 0.3) is 6.43 Å². The van der Waals surface area contributed by atoms with E-state index < -0.39 is 16.4 Å². The van der Waals surface area contributed by atoms with Crippen molar-refractivity contribution in [1.29, 1.82) is 0 Å². The molecule has 0 saturated carbocycles. The number of hydrogen-bond acceptors (Lipinski definition) is 6. The normalized spacial score (nSPS) is 18.3. The largest absolute Gasteiger partial charge is 0.341 e. The Bertz CT molecular complexity index is 1610. The Kier molecular flexibility index (Phi) is 7.46. The molecule has 5 heterocycles. The first-order valence-corrected chi connectivity index (χ1v) is 16.1. The van der Waals surface area contributed by atoms with Gasteiger partial charge in [0.2, 0.25) is 10.0 Å². The number of hydrogen-bond donors (Lipinski definition) is 1. The number of piperidine rings is 1. The third-order valence-electron chi connectivity index (χ3n) is 8.68. The molecule has 14 heteroatoms. The molecule has 0 bridgehead atoms. The van der Waals surface area contributed by atoms with Crippen LogP contribution in [0.25, 0.3) is 11.1 Å². The number of alkyl halides is 2. The lowest BCUT2D eigenvalue weighted by Crippen LogP contribution is -2.42. The standard InChI is InChI=1S/C28H36F2N8O3S/c1-31-28(39)35-10-8-24-23(17-35)27(33-38(24)20-6-11-36(12-7-20)42(3,40)41)37-9-4-5-18-13-21(19-15-32-34(2)16-19)22(26(29)30)14-25(18)37/h13-16,20,26H,4-12,17H2,1-3H3,(H,31,39). The Morgan fingerprint density at radius 1 is 1.12 bits per heavy atom. The number of nitrogens with zero attached hydrogens (tertiary/aromatic N) is 7. The number of aryl methyl sites for hydroxylation is 2. The first-order chi connectivity index (χ1) is 20.0. The summed E-state index contributed by atoms with van der Waals surface area (Å²) in [5.74, 6) is 0.680. The summed E-state index contributed by atoms with van der Waals surface area (Å²) in [5, 5.41) is 12.0. The van der Waals surface area contributed by atoms with Gasteiger partial charge in [0, 0.05) is 81.0 Å². The highest BCUT2D eigenvalue weighted by molar-refractivity contribution is 7.88. The summed E-state index contributed by atoms with van der Waals surface area (Å²) in [6.07, 6.45) is 5.33. The molecular weight excluding hydrogens is 566 g/mol. The number of nitrogens with one attached hydrogen (secondary N) is 1. The van der Waals surface area contributed by atoms with E-state index in [1.807, 2.05) is 15.6 Å². The van der Waals surface area contributed by atoms with Crippen LogP contribution in [0.3, 0.4) is 0 Å². The first-order valence-electron chi connectivity index (χ1n) is 14.3. The van der Waals surface area contributed by atoms with E-state index >= 15 is 0 Å². The highest BCUT2D eigenvalue weighted by atomic mass is 32.2. The maximum atomic E-state index is 14.5. The van der Waals surface area contributed by atoms with E-state index in [0.29, 0.717) is 74.6 Å². The topological polar surface area (TPSA) is 109 Å². The third kappa shape index (κ3) is 5.14. The van der Waals surface area contributed by atoms with Crippen molar-refractivity contribution in [2.24, 2.45) is 7.05 Å². The number of fused-ring (bicyclic) bond motifs is 2. The zero-order valence-electron chi connectivity index (χ0n) is 24.1. The Hall–Kier alpha value is -3.52. The van der Waals surface area contributed by atoms with Gasteiger partial charge in [-0.3, -0.25) is 9.36 Å². The maximum Gasteiger partial charge on any atom is 0.317 e. The monoisotopic (exact) mass is 602 g/mol. The molecule has 0 unspecified atom stereocenters. The van der Waals surface area contributed by atoms with Gasteiger partial charge in [0.1, 0.15) is 0 Å².